The Labute approximate surface area is 133 Å². The number of urea groups is 1. The maximum Gasteiger partial charge on any atom is 0.325 e. The molecule has 0 saturated carbocycles. The normalized spacial score (nSPS) is 10.5. The number of carbonyl (C=O) groups is 1. The minimum atomic E-state index is -0.335. The lowest BCUT2D eigenvalue weighted by atomic mass is 10.3. The van der Waals surface area contributed by atoms with E-state index in [1.807, 2.05) is 18.2 Å². The third-order valence-electron chi connectivity index (χ3n) is 2.74. The molecule has 2 aromatic carbocycles. The van der Waals surface area contributed by atoms with Gasteiger partial charge in [0.15, 0.2) is 5.13 Å². The van der Waals surface area contributed by atoms with Crippen LogP contribution in [-0.4, -0.2) is 11.0 Å². The first-order valence-electron chi connectivity index (χ1n) is 6.10. The average Bonchev–Trinajstić information content (AvgIpc) is 2.82. The largest absolute Gasteiger partial charge is 0.399 e. The van der Waals surface area contributed by atoms with Gasteiger partial charge >= 0.3 is 6.03 Å². The van der Waals surface area contributed by atoms with Gasteiger partial charge in [-0.15, -0.1) is 0 Å². The van der Waals surface area contributed by atoms with E-state index in [0.717, 1.165) is 14.7 Å². The van der Waals surface area contributed by atoms with Crippen LogP contribution in [-0.2, 0) is 0 Å². The summed E-state index contributed by atoms with van der Waals surface area (Å²) in [7, 11) is 0. The van der Waals surface area contributed by atoms with Gasteiger partial charge in [-0.05, 0) is 42.5 Å². The van der Waals surface area contributed by atoms with Gasteiger partial charge in [-0.2, -0.15) is 0 Å². The molecule has 3 rings (SSSR count). The summed E-state index contributed by atoms with van der Waals surface area (Å²) in [5.41, 5.74) is 7.76. The van der Waals surface area contributed by atoms with Gasteiger partial charge in [-0.25, -0.2) is 9.78 Å². The van der Waals surface area contributed by atoms with Crippen LogP contribution < -0.4 is 16.4 Å². The van der Waals surface area contributed by atoms with E-state index in [9.17, 15) is 4.79 Å². The van der Waals surface area contributed by atoms with Gasteiger partial charge in [-0.1, -0.05) is 27.3 Å². The number of nitrogens with one attached hydrogen (secondary N) is 2. The van der Waals surface area contributed by atoms with Gasteiger partial charge < -0.3 is 11.1 Å². The molecule has 0 fully saturated rings. The molecule has 0 spiro atoms. The molecule has 106 valence electrons. The van der Waals surface area contributed by atoms with E-state index in [0.29, 0.717) is 16.5 Å². The monoisotopic (exact) mass is 362 g/mol. The zero-order chi connectivity index (χ0) is 14.8. The summed E-state index contributed by atoms with van der Waals surface area (Å²) in [5.74, 6) is 0. The molecule has 3 aromatic rings. The van der Waals surface area contributed by atoms with Crippen molar-refractivity contribution in [2.75, 3.05) is 16.4 Å². The smallest absolute Gasteiger partial charge is 0.325 e. The van der Waals surface area contributed by atoms with Crippen molar-refractivity contribution < 1.29 is 4.79 Å². The number of thiazole rings is 1. The number of nitrogens with zero attached hydrogens (tertiary/aromatic N) is 1. The van der Waals surface area contributed by atoms with E-state index in [1.165, 1.54) is 11.3 Å². The van der Waals surface area contributed by atoms with Crippen LogP contribution in [0.3, 0.4) is 0 Å². The number of fused-ring (bicyclic) bond motifs is 1. The molecule has 2 amide bonds. The molecule has 0 aliphatic rings. The maximum absolute atomic E-state index is 11.9. The van der Waals surface area contributed by atoms with Crippen LogP contribution in [0.5, 0.6) is 0 Å². The molecular weight excluding hydrogens is 352 g/mol. The van der Waals surface area contributed by atoms with Crippen LogP contribution >= 0.6 is 27.3 Å². The second-order valence-corrected chi connectivity index (χ2v) is 6.28. The highest BCUT2D eigenvalue weighted by Gasteiger charge is 2.08. The van der Waals surface area contributed by atoms with Gasteiger partial charge in [0.2, 0.25) is 0 Å². The summed E-state index contributed by atoms with van der Waals surface area (Å²) >= 11 is 4.82. The zero-order valence-electron chi connectivity index (χ0n) is 10.8. The Hall–Kier alpha value is -2.12. The van der Waals surface area contributed by atoms with Crippen molar-refractivity contribution in [3.8, 4) is 0 Å². The Morgan fingerprint density at radius 2 is 1.90 bits per heavy atom. The second-order valence-electron chi connectivity index (χ2n) is 4.33. The third-order valence-corrected chi connectivity index (χ3v) is 4.18. The number of nitrogens with two attached hydrogens (primary N) is 1. The molecule has 0 atom stereocenters. The molecule has 0 aliphatic carbocycles. The number of aromatic nitrogens is 1. The summed E-state index contributed by atoms with van der Waals surface area (Å²) in [5, 5.41) is 6.00. The molecule has 0 unspecified atom stereocenters. The molecule has 1 aromatic heterocycles. The minimum absolute atomic E-state index is 0.335. The van der Waals surface area contributed by atoms with Crippen molar-refractivity contribution in [3.63, 3.8) is 0 Å². The Bertz CT molecular complexity index is 800. The van der Waals surface area contributed by atoms with Crippen molar-refractivity contribution in [3.05, 3.63) is 46.9 Å². The number of carbonyl (C=O) groups excluding carboxylic acids is 1. The molecule has 5 nitrogen and oxygen atoms in total. The first kappa shape index (κ1) is 13.8. The van der Waals surface area contributed by atoms with E-state index in [-0.39, 0.29) is 6.03 Å². The SMILES string of the molecule is Nc1ccc(NC(=O)Nc2nc3cc(Br)ccc3s2)cc1. The summed E-state index contributed by atoms with van der Waals surface area (Å²) in [4.78, 5) is 16.3. The van der Waals surface area contributed by atoms with Crippen molar-refractivity contribution in [1.29, 1.82) is 0 Å². The van der Waals surface area contributed by atoms with Gasteiger partial charge in [-0.3, -0.25) is 5.32 Å². The molecule has 0 bridgehead atoms. The van der Waals surface area contributed by atoms with Gasteiger partial charge in [0, 0.05) is 15.8 Å². The maximum atomic E-state index is 11.9. The van der Waals surface area contributed by atoms with Gasteiger partial charge in [0.05, 0.1) is 10.2 Å². The molecular formula is C14H11BrN4OS. The number of benzene rings is 2. The lowest BCUT2D eigenvalue weighted by Gasteiger charge is -2.05. The highest BCUT2D eigenvalue weighted by molar-refractivity contribution is 9.10. The van der Waals surface area contributed by atoms with Crippen LogP contribution in [0.1, 0.15) is 0 Å². The summed E-state index contributed by atoms with van der Waals surface area (Å²) in [6, 6.07) is 12.4. The molecule has 7 heteroatoms. The van der Waals surface area contributed by atoms with Gasteiger partial charge in [0.1, 0.15) is 0 Å². The van der Waals surface area contributed by atoms with Crippen molar-refractivity contribution in [2.24, 2.45) is 0 Å². The third kappa shape index (κ3) is 3.32. The van der Waals surface area contributed by atoms with E-state index in [4.69, 9.17) is 5.73 Å². The van der Waals surface area contributed by atoms with Gasteiger partial charge in [0.25, 0.3) is 0 Å². The van der Waals surface area contributed by atoms with Crippen LogP contribution in [0.15, 0.2) is 46.9 Å². The predicted octanol–water partition coefficient (Wildman–Crippen LogP) is 4.29. The van der Waals surface area contributed by atoms with E-state index in [1.54, 1.807) is 24.3 Å². The van der Waals surface area contributed by atoms with Crippen LogP contribution in [0, 0.1) is 0 Å². The number of amides is 2. The summed E-state index contributed by atoms with van der Waals surface area (Å²) in [6.07, 6.45) is 0. The Morgan fingerprint density at radius 3 is 2.67 bits per heavy atom. The Morgan fingerprint density at radius 1 is 1.14 bits per heavy atom. The molecule has 0 radical (unpaired) electrons. The lowest BCUT2D eigenvalue weighted by molar-refractivity contribution is 0.262. The standard InChI is InChI=1S/C14H11BrN4OS/c15-8-1-6-12-11(7-8)18-14(21-12)19-13(20)17-10-4-2-9(16)3-5-10/h1-7H,16H2,(H2,17,18,19,20). The lowest BCUT2D eigenvalue weighted by Crippen LogP contribution is -2.19. The fourth-order valence-corrected chi connectivity index (χ4v) is 2.97. The Balaban J connectivity index is 1.72. The molecule has 0 aliphatic heterocycles. The molecule has 0 saturated heterocycles. The molecule has 21 heavy (non-hydrogen) atoms. The van der Waals surface area contributed by atoms with E-state index in [2.05, 4.69) is 31.5 Å². The summed E-state index contributed by atoms with van der Waals surface area (Å²) in [6.45, 7) is 0. The minimum Gasteiger partial charge on any atom is -0.399 e. The first-order chi connectivity index (χ1) is 10.1. The van der Waals surface area contributed by atoms with Crippen molar-refractivity contribution in [1.82, 2.24) is 4.98 Å². The number of anilines is 3. The highest BCUT2D eigenvalue weighted by Crippen LogP contribution is 2.28. The fourth-order valence-electron chi connectivity index (χ4n) is 1.78. The van der Waals surface area contributed by atoms with Crippen LogP contribution in [0.4, 0.5) is 21.3 Å². The zero-order valence-corrected chi connectivity index (χ0v) is 13.2. The first-order valence-corrected chi connectivity index (χ1v) is 7.71. The van der Waals surface area contributed by atoms with Crippen molar-refractivity contribution >= 4 is 60.0 Å². The number of hydrogen-bond donors (Lipinski definition) is 3. The van der Waals surface area contributed by atoms with E-state index < -0.39 is 0 Å². The number of halogens is 1. The fraction of sp³-hybridized carbons (Fsp3) is 0. The summed E-state index contributed by atoms with van der Waals surface area (Å²) < 4.78 is 1.97. The quantitative estimate of drug-likeness (QED) is 0.595. The second kappa shape index (κ2) is 5.71. The predicted molar refractivity (Wildman–Crippen MR) is 90.8 cm³/mol. The number of rotatable bonds is 2. The average molecular weight is 363 g/mol. The van der Waals surface area contributed by atoms with Crippen molar-refractivity contribution in [2.45, 2.75) is 0 Å². The van der Waals surface area contributed by atoms with Crippen LogP contribution in [0.2, 0.25) is 0 Å². The topological polar surface area (TPSA) is 80.0 Å². The molecule has 4 N–H and O–H groups in total. The number of nitrogen functional groups attached to an aromatic ring is 1. The van der Waals surface area contributed by atoms with Crippen LogP contribution in [0.25, 0.3) is 10.2 Å². The number of hydrogen-bond acceptors (Lipinski definition) is 4. The Kier molecular flexibility index (Phi) is 3.76. The van der Waals surface area contributed by atoms with E-state index >= 15 is 0 Å². The molecule has 1 heterocycles. The highest BCUT2D eigenvalue weighted by atomic mass is 79.9.